The van der Waals surface area contributed by atoms with Crippen LogP contribution in [-0.2, 0) is 4.79 Å². The number of hydrogen-bond acceptors (Lipinski definition) is 3. The highest BCUT2D eigenvalue weighted by atomic mass is 35.5. The van der Waals surface area contributed by atoms with Crippen molar-refractivity contribution < 1.29 is 14.3 Å². The van der Waals surface area contributed by atoms with Gasteiger partial charge in [-0.2, -0.15) is 0 Å². The van der Waals surface area contributed by atoms with Crippen molar-refractivity contribution in [3.05, 3.63) is 58.6 Å². The molecule has 22 heavy (non-hydrogen) atoms. The Morgan fingerprint density at radius 3 is 2.77 bits per heavy atom. The number of nitrogens with zero attached hydrogens (tertiary/aromatic N) is 1. The van der Waals surface area contributed by atoms with Gasteiger partial charge in [0, 0.05) is 24.2 Å². The van der Waals surface area contributed by atoms with E-state index in [0.29, 0.717) is 34.1 Å². The Labute approximate surface area is 133 Å². The van der Waals surface area contributed by atoms with E-state index in [9.17, 15) is 9.59 Å². The zero-order valence-electron chi connectivity index (χ0n) is 12.0. The molecular weight excluding hydrogens is 302 g/mol. The van der Waals surface area contributed by atoms with Gasteiger partial charge < -0.3 is 9.64 Å². The molecule has 1 atom stereocenters. The summed E-state index contributed by atoms with van der Waals surface area (Å²) in [5, 5.41) is 0.528. The first kappa shape index (κ1) is 14.6. The summed E-state index contributed by atoms with van der Waals surface area (Å²) in [4.78, 5) is 25.3. The number of hydrogen-bond donors (Lipinski definition) is 0. The molecule has 4 nitrogen and oxygen atoms in total. The molecule has 0 aromatic heterocycles. The number of para-hydroxylation sites is 1. The Hall–Kier alpha value is -2.33. The molecule has 0 saturated heterocycles. The van der Waals surface area contributed by atoms with E-state index in [1.54, 1.807) is 43.4 Å². The summed E-state index contributed by atoms with van der Waals surface area (Å²) in [6.45, 7) is 0.271. The molecule has 0 aliphatic carbocycles. The number of likely N-dealkylation sites (N-methyl/N-ethyl adjacent to an activating group) is 1. The minimum absolute atomic E-state index is 0.0784. The molecule has 1 unspecified atom stereocenters. The van der Waals surface area contributed by atoms with Gasteiger partial charge in [0.05, 0.1) is 11.5 Å². The summed E-state index contributed by atoms with van der Waals surface area (Å²) >= 11 is 6.07. The van der Waals surface area contributed by atoms with Crippen LogP contribution in [0.2, 0.25) is 5.02 Å². The molecule has 2 aromatic carbocycles. The van der Waals surface area contributed by atoms with Crippen molar-refractivity contribution in [3.63, 3.8) is 0 Å². The quantitative estimate of drug-likeness (QED) is 0.814. The monoisotopic (exact) mass is 315 g/mol. The van der Waals surface area contributed by atoms with Gasteiger partial charge in [0.25, 0.3) is 0 Å². The van der Waals surface area contributed by atoms with Crippen LogP contribution in [0.1, 0.15) is 21.8 Å². The first-order chi connectivity index (χ1) is 10.6. The number of fused-ring (bicyclic) bond motifs is 2. The summed E-state index contributed by atoms with van der Waals surface area (Å²) < 4.78 is 5.89. The minimum Gasteiger partial charge on any atom is -0.456 e. The van der Waals surface area contributed by atoms with E-state index in [1.807, 2.05) is 6.07 Å². The zero-order chi connectivity index (χ0) is 15.7. The van der Waals surface area contributed by atoms with Gasteiger partial charge in [-0.1, -0.05) is 23.7 Å². The Morgan fingerprint density at radius 2 is 2.00 bits per heavy atom. The lowest BCUT2D eigenvalue weighted by Gasteiger charge is -2.20. The van der Waals surface area contributed by atoms with Crippen molar-refractivity contribution in [1.82, 2.24) is 4.90 Å². The summed E-state index contributed by atoms with van der Waals surface area (Å²) in [6.07, 6.45) is 0.704. The van der Waals surface area contributed by atoms with Crippen LogP contribution in [0.4, 0.5) is 0 Å². The highest BCUT2D eigenvalue weighted by molar-refractivity contribution is 6.30. The van der Waals surface area contributed by atoms with Crippen molar-refractivity contribution in [2.75, 3.05) is 13.6 Å². The van der Waals surface area contributed by atoms with Crippen LogP contribution in [0.25, 0.3) is 0 Å². The summed E-state index contributed by atoms with van der Waals surface area (Å²) in [5.41, 5.74) is 1.21. The van der Waals surface area contributed by atoms with Crippen molar-refractivity contribution in [2.45, 2.75) is 5.92 Å². The zero-order valence-corrected chi connectivity index (χ0v) is 12.7. The predicted molar refractivity (Wildman–Crippen MR) is 83.7 cm³/mol. The first-order valence-corrected chi connectivity index (χ1v) is 7.24. The number of ketones is 1. The molecule has 0 N–H and O–H groups in total. The second-order valence-corrected chi connectivity index (χ2v) is 5.68. The second-order valence-electron chi connectivity index (χ2n) is 5.24. The van der Waals surface area contributed by atoms with E-state index in [-0.39, 0.29) is 12.3 Å². The normalized spacial score (nSPS) is 16.1. The van der Waals surface area contributed by atoms with Gasteiger partial charge in [0.15, 0.2) is 5.78 Å². The van der Waals surface area contributed by atoms with E-state index in [4.69, 9.17) is 16.3 Å². The Kier molecular flexibility index (Phi) is 3.86. The van der Waals surface area contributed by atoms with E-state index in [1.165, 1.54) is 4.90 Å². The minimum atomic E-state index is -0.507. The largest absolute Gasteiger partial charge is 0.456 e. The average Bonchev–Trinajstić information content (AvgIpc) is 2.64. The second kappa shape index (κ2) is 5.81. The maximum atomic E-state index is 12.9. The average molecular weight is 316 g/mol. The van der Waals surface area contributed by atoms with Crippen LogP contribution in [0.15, 0.2) is 42.5 Å². The topological polar surface area (TPSA) is 46.6 Å². The third kappa shape index (κ3) is 2.57. The van der Waals surface area contributed by atoms with E-state index in [2.05, 4.69) is 0 Å². The fourth-order valence-electron chi connectivity index (χ4n) is 2.60. The molecule has 0 bridgehead atoms. The molecule has 0 spiro atoms. The molecule has 0 saturated carbocycles. The van der Waals surface area contributed by atoms with Gasteiger partial charge in [0.1, 0.15) is 11.5 Å². The fraction of sp³-hybridized carbons (Fsp3) is 0.176. The molecule has 1 heterocycles. The lowest BCUT2D eigenvalue weighted by Crippen LogP contribution is -2.27. The van der Waals surface area contributed by atoms with Crippen molar-refractivity contribution >= 4 is 23.8 Å². The van der Waals surface area contributed by atoms with Gasteiger partial charge in [-0.3, -0.25) is 9.59 Å². The lowest BCUT2D eigenvalue weighted by atomic mass is 9.90. The van der Waals surface area contributed by atoms with Crippen LogP contribution in [0, 0.1) is 0 Å². The number of amides is 1. The maximum absolute atomic E-state index is 12.9. The van der Waals surface area contributed by atoms with Gasteiger partial charge in [0.2, 0.25) is 6.41 Å². The number of rotatable bonds is 3. The third-order valence-corrected chi connectivity index (χ3v) is 3.92. The molecule has 1 aliphatic heterocycles. The highest BCUT2D eigenvalue weighted by Gasteiger charge is 2.31. The predicted octanol–water partition coefficient (Wildman–Crippen LogP) is 3.50. The molecule has 1 aliphatic rings. The third-order valence-electron chi connectivity index (χ3n) is 3.69. The van der Waals surface area contributed by atoms with Crippen LogP contribution < -0.4 is 4.74 Å². The molecule has 1 amide bonds. The number of ether oxygens (including phenoxy) is 1. The number of Topliss-reactive ketones (excluding diaryl/α,β-unsaturated/α-hetero) is 1. The van der Waals surface area contributed by atoms with E-state index < -0.39 is 5.92 Å². The SMILES string of the molecule is CN(C=O)CC1C(=O)c2ccccc2Oc2ccc(Cl)cc21. The highest BCUT2D eigenvalue weighted by Crippen LogP contribution is 2.40. The smallest absolute Gasteiger partial charge is 0.209 e. The molecule has 2 aromatic rings. The molecule has 0 radical (unpaired) electrons. The summed E-state index contributed by atoms with van der Waals surface area (Å²) in [5.74, 6) is 0.525. The van der Waals surface area contributed by atoms with Gasteiger partial charge in [-0.05, 0) is 30.3 Å². The van der Waals surface area contributed by atoms with Crippen LogP contribution in [0.3, 0.4) is 0 Å². The van der Waals surface area contributed by atoms with Crippen LogP contribution in [0.5, 0.6) is 11.5 Å². The van der Waals surface area contributed by atoms with Gasteiger partial charge in [-0.15, -0.1) is 0 Å². The standard InChI is InChI=1S/C17H14ClNO3/c1-19(10-20)9-14-13-8-11(18)6-7-16(13)22-15-5-3-2-4-12(15)17(14)21/h2-8,10,14H,9H2,1H3. The number of carbonyl (C=O) groups is 2. The van der Waals surface area contributed by atoms with Gasteiger partial charge >= 0.3 is 0 Å². The number of halogens is 1. The molecule has 5 heteroatoms. The van der Waals surface area contributed by atoms with E-state index >= 15 is 0 Å². The maximum Gasteiger partial charge on any atom is 0.209 e. The number of carbonyl (C=O) groups excluding carboxylic acids is 2. The molecule has 3 rings (SSSR count). The van der Waals surface area contributed by atoms with Crippen LogP contribution in [-0.4, -0.2) is 30.7 Å². The lowest BCUT2D eigenvalue weighted by molar-refractivity contribution is -0.117. The van der Waals surface area contributed by atoms with Crippen molar-refractivity contribution in [1.29, 1.82) is 0 Å². The van der Waals surface area contributed by atoms with Crippen molar-refractivity contribution in [2.24, 2.45) is 0 Å². The van der Waals surface area contributed by atoms with Crippen molar-refractivity contribution in [3.8, 4) is 11.5 Å². The Bertz CT molecular complexity index is 744. The summed E-state index contributed by atoms with van der Waals surface area (Å²) in [7, 11) is 1.64. The first-order valence-electron chi connectivity index (χ1n) is 6.86. The summed E-state index contributed by atoms with van der Waals surface area (Å²) in [6, 6.07) is 12.3. The fourth-order valence-corrected chi connectivity index (χ4v) is 2.78. The van der Waals surface area contributed by atoms with E-state index in [0.717, 1.165) is 0 Å². The molecule has 112 valence electrons. The Balaban J connectivity index is 2.16. The van der Waals surface area contributed by atoms with Gasteiger partial charge in [-0.25, -0.2) is 0 Å². The van der Waals surface area contributed by atoms with Crippen LogP contribution >= 0.6 is 11.6 Å². The number of benzene rings is 2. The Morgan fingerprint density at radius 1 is 1.23 bits per heavy atom. The molecule has 0 fully saturated rings. The molecular formula is C17H14ClNO3.